The SMILES string of the molecule is C=CCCCN(C)C(=O)c1cc(N)ccc1C.Cl. The van der Waals surface area contributed by atoms with Crippen LogP contribution in [0.4, 0.5) is 5.69 Å². The van der Waals surface area contributed by atoms with E-state index in [0.29, 0.717) is 11.3 Å². The van der Waals surface area contributed by atoms with E-state index < -0.39 is 0 Å². The third-order valence-electron chi connectivity index (χ3n) is 2.74. The second-order valence-corrected chi connectivity index (χ2v) is 4.23. The van der Waals surface area contributed by atoms with Crippen LogP contribution in [0.2, 0.25) is 0 Å². The van der Waals surface area contributed by atoms with Gasteiger partial charge in [0.15, 0.2) is 0 Å². The van der Waals surface area contributed by atoms with Crippen molar-refractivity contribution in [2.24, 2.45) is 0 Å². The van der Waals surface area contributed by atoms with Crippen LogP contribution >= 0.6 is 12.4 Å². The van der Waals surface area contributed by atoms with E-state index in [1.165, 1.54) is 0 Å². The number of unbranched alkanes of at least 4 members (excludes halogenated alkanes) is 1. The Balaban J connectivity index is 0.00000289. The summed E-state index contributed by atoms with van der Waals surface area (Å²) in [6.07, 6.45) is 3.73. The lowest BCUT2D eigenvalue weighted by Gasteiger charge is -2.18. The number of rotatable bonds is 5. The first-order valence-corrected chi connectivity index (χ1v) is 5.78. The summed E-state index contributed by atoms with van der Waals surface area (Å²) in [6, 6.07) is 5.42. The van der Waals surface area contributed by atoms with Crippen LogP contribution < -0.4 is 5.73 Å². The maximum Gasteiger partial charge on any atom is 0.253 e. The first kappa shape index (κ1) is 16.5. The monoisotopic (exact) mass is 268 g/mol. The van der Waals surface area contributed by atoms with Crippen LogP contribution in [0.25, 0.3) is 0 Å². The standard InChI is InChI=1S/C14H20N2O.ClH/c1-4-5-6-9-16(3)14(17)13-10-12(15)8-7-11(13)2;/h4,7-8,10H,1,5-6,9,15H2,2-3H3;1H. The first-order chi connectivity index (χ1) is 8.06. The Kier molecular flexibility index (Phi) is 7.13. The molecular formula is C14H21ClN2O. The fraction of sp³-hybridized carbons (Fsp3) is 0.357. The molecule has 0 spiro atoms. The Morgan fingerprint density at radius 2 is 2.17 bits per heavy atom. The highest BCUT2D eigenvalue weighted by molar-refractivity contribution is 5.96. The molecule has 0 fully saturated rings. The van der Waals surface area contributed by atoms with Crippen LogP contribution in [0.15, 0.2) is 30.9 Å². The second kappa shape index (κ2) is 7.77. The van der Waals surface area contributed by atoms with E-state index in [4.69, 9.17) is 5.73 Å². The van der Waals surface area contributed by atoms with Crippen molar-refractivity contribution in [3.05, 3.63) is 42.0 Å². The lowest BCUT2D eigenvalue weighted by Crippen LogP contribution is -2.28. The third-order valence-corrected chi connectivity index (χ3v) is 2.74. The molecule has 0 saturated heterocycles. The molecule has 0 aromatic heterocycles. The van der Waals surface area contributed by atoms with E-state index in [1.807, 2.05) is 32.2 Å². The Labute approximate surface area is 115 Å². The molecule has 0 bridgehead atoms. The van der Waals surface area contributed by atoms with Gasteiger partial charge in [-0.25, -0.2) is 0 Å². The third kappa shape index (κ3) is 4.41. The van der Waals surface area contributed by atoms with Crippen LogP contribution in [0.3, 0.4) is 0 Å². The zero-order chi connectivity index (χ0) is 12.8. The zero-order valence-electron chi connectivity index (χ0n) is 11.0. The van der Waals surface area contributed by atoms with Crippen molar-refractivity contribution in [3.8, 4) is 0 Å². The summed E-state index contributed by atoms with van der Waals surface area (Å²) in [5, 5.41) is 0. The number of hydrogen-bond acceptors (Lipinski definition) is 2. The summed E-state index contributed by atoms with van der Waals surface area (Å²) in [6.45, 7) is 6.32. The summed E-state index contributed by atoms with van der Waals surface area (Å²) < 4.78 is 0. The molecule has 4 heteroatoms. The molecule has 0 aliphatic carbocycles. The highest BCUT2D eigenvalue weighted by atomic mass is 35.5. The van der Waals surface area contributed by atoms with Crippen molar-refractivity contribution >= 4 is 24.0 Å². The average molecular weight is 269 g/mol. The smallest absolute Gasteiger partial charge is 0.253 e. The van der Waals surface area contributed by atoms with Gasteiger partial charge in [-0.3, -0.25) is 4.79 Å². The predicted octanol–water partition coefficient (Wildman–Crippen LogP) is 3.04. The predicted molar refractivity (Wildman–Crippen MR) is 79.2 cm³/mol. The number of nitrogens with zero attached hydrogens (tertiary/aromatic N) is 1. The molecule has 0 aliphatic heterocycles. The molecule has 18 heavy (non-hydrogen) atoms. The normalized spacial score (nSPS) is 9.44. The van der Waals surface area contributed by atoms with Gasteiger partial charge in [-0.05, 0) is 37.5 Å². The summed E-state index contributed by atoms with van der Waals surface area (Å²) in [7, 11) is 1.81. The molecule has 0 radical (unpaired) electrons. The van der Waals surface area contributed by atoms with Crippen molar-refractivity contribution in [1.29, 1.82) is 0 Å². The second-order valence-electron chi connectivity index (χ2n) is 4.23. The molecule has 1 aromatic rings. The van der Waals surface area contributed by atoms with Crippen LogP contribution in [0.1, 0.15) is 28.8 Å². The van der Waals surface area contributed by atoms with Crippen molar-refractivity contribution in [2.75, 3.05) is 19.3 Å². The number of anilines is 1. The molecule has 3 nitrogen and oxygen atoms in total. The van der Waals surface area contributed by atoms with Gasteiger partial charge in [0.1, 0.15) is 0 Å². The number of aryl methyl sites for hydroxylation is 1. The molecule has 1 aromatic carbocycles. The number of allylic oxidation sites excluding steroid dienone is 1. The van der Waals surface area contributed by atoms with Gasteiger partial charge in [0.25, 0.3) is 5.91 Å². The minimum Gasteiger partial charge on any atom is -0.399 e. The van der Waals surface area contributed by atoms with E-state index >= 15 is 0 Å². The van der Waals surface area contributed by atoms with Crippen LogP contribution in [-0.2, 0) is 0 Å². The maximum atomic E-state index is 12.2. The largest absolute Gasteiger partial charge is 0.399 e. The number of halogens is 1. The van der Waals surface area contributed by atoms with Gasteiger partial charge >= 0.3 is 0 Å². The van der Waals surface area contributed by atoms with Crippen molar-refractivity contribution in [3.63, 3.8) is 0 Å². The Bertz CT molecular complexity index is 418. The van der Waals surface area contributed by atoms with Gasteiger partial charge in [0.05, 0.1) is 0 Å². The first-order valence-electron chi connectivity index (χ1n) is 5.78. The van der Waals surface area contributed by atoms with E-state index in [1.54, 1.807) is 11.0 Å². The molecule has 0 saturated carbocycles. The zero-order valence-corrected chi connectivity index (χ0v) is 11.8. The maximum absolute atomic E-state index is 12.2. The highest BCUT2D eigenvalue weighted by Crippen LogP contribution is 2.14. The number of nitrogens with two attached hydrogens (primary N) is 1. The van der Waals surface area contributed by atoms with E-state index in [0.717, 1.165) is 24.9 Å². The van der Waals surface area contributed by atoms with E-state index in [-0.39, 0.29) is 18.3 Å². The fourth-order valence-electron chi connectivity index (χ4n) is 1.65. The number of carbonyl (C=O) groups is 1. The highest BCUT2D eigenvalue weighted by Gasteiger charge is 2.13. The van der Waals surface area contributed by atoms with Gasteiger partial charge in [-0.1, -0.05) is 12.1 Å². The summed E-state index contributed by atoms with van der Waals surface area (Å²) in [5.74, 6) is 0.0267. The molecule has 0 atom stereocenters. The molecule has 0 aliphatic rings. The number of nitrogen functional groups attached to an aromatic ring is 1. The average Bonchev–Trinajstić information content (AvgIpc) is 2.31. The molecule has 0 unspecified atom stereocenters. The molecule has 1 amide bonds. The van der Waals surface area contributed by atoms with Crippen molar-refractivity contribution in [2.45, 2.75) is 19.8 Å². The molecule has 1 rings (SSSR count). The van der Waals surface area contributed by atoms with E-state index in [2.05, 4.69) is 6.58 Å². The Morgan fingerprint density at radius 3 is 2.78 bits per heavy atom. The Morgan fingerprint density at radius 1 is 1.50 bits per heavy atom. The van der Waals surface area contributed by atoms with Crippen LogP contribution in [0, 0.1) is 6.92 Å². The van der Waals surface area contributed by atoms with Crippen LogP contribution in [0.5, 0.6) is 0 Å². The van der Waals surface area contributed by atoms with Crippen molar-refractivity contribution in [1.82, 2.24) is 4.90 Å². The van der Waals surface area contributed by atoms with Crippen molar-refractivity contribution < 1.29 is 4.79 Å². The minimum atomic E-state index is 0. The molecule has 100 valence electrons. The van der Waals surface area contributed by atoms with Gasteiger partial charge < -0.3 is 10.6 Å². The fourth-order valence-corrected chi connectivity index (χ4v) is 1.65. The topological polar surface area (TPSA) is 46.3 Å². The van der Waals surface area contributed by atoms with Gasteiger partial charge in [0.2, 0.25) is 0 Å². The quantitative estimate of drug-likeness (QED) is 0.507. The number of amides is 1. The minimum absolute atomic E-state index is 0. The number of benzene rings is 1. The Hall–Kier alpha value is -1.48. The lowest BCUT2D eigenvalue weighted by atomic mass is 10.1. The van der Waals surface area contributed by atoms with Gasteiger partial charge in [-0.2, -0.15) is 0 Å². The summed E-state index contributed by atoms with van der Waals surface area (Å²) in [5.41, 5.74) is 7.97. The number of carbonyl (C=O) groups excluding carboxylic acids is 1. The van der Waals surface area contributed by atoms with Gasteiger partial charge in [-0.15, -0.1) is 19.0 Å². The molecule has 2 N–H and O–H groups in total. The summed E-state index contributed by atoms with van der Waals surface area (Å²) >= 11 is 0. The van der Waals surface area contributed by atoms with Crippen LogP contribution in [-0.4, -0.2) is 24.4 Å². The lowest BCUT2D eigenvalue weighted by molar-refractivity contribution is 0.0793. The number of hydrogen-bond donors (Lipinski definition) is 1. The van der Waals surface area contributed by atoms with Gasteiger partial charge in [0, 0.05) is 24.8 Å². The molecule has 0 heterocycles. The summed E-state index contributed by atoms with van der Waals surface area (Å²) in [4.78, 5) is 13.9. The molecular weight excluding hydrogens is 248 g/mol. The van der Waals surface area contributed by atoms with E-state index in [9.17, 15) is 4.79 Å².